The number of thiophene rings is 1. The van der Waals surface area contributed by atoms with E-state index in [1.807, 2.05) is 19.1 Å². The minimum Gasteiger partial charge on any atom is -0.356 e. The van der Waals surface area contributed by atoms with Gasteiger partial charge in [0.25, 0.3) is 0 Å². The fraction of sp³-hybridized carbons (Fsp3) is 0.444. The largest absolute Gasteiger partial charge is 0.356 e. The first-order chi connectivity index (χ1) is 7.26. The average molecular weight is 247 g/mol. The first kappa shape index (κ1) is 12.3. The van der Waals surface area contributed by atoms with Crippen LogP contribution in [-0.4, -0.2) is 19.0 Å². The van der Waals surface area contributed by atoms with Crippen LogP contribution in [0.4, 0.5) is 0 Å². The minimum atomic E-state index is 0.625. The number of hydrazine groups is 1. The Balaban J connectivity index is 2.36. The van der Waals surface area contributed by atoms with Gasteiger partial charge >= 0.3 is 0 Å². The number of guanidine groups is 1. The van der Waals surface area contributed by atoms with Crippen molar-refractivity contribution in [2.24, 2.45) is 10.8 Å². The molecular weight excluding hydrogens is 232 g/mol. The number of nitrogens with two attached hydrogens (primary N) is 1. The maximum atomic E-state index is 5.82. The molecule has 0 bridgehead atoms. The zero-order chi connectivity index (χ0) is 11.1. The lowest BCUT2D eigenvalue weighted by atomic mass is 10.3. The summed E-state index contributed by atoms with van der Waals surface area (Å²) in [5, 5.41) is 3.01. The smallest absolute Gasteiger partial charge is 0.205 e. The standard InChI is InChI=1S/C9H15ClN4S/c1-2-12-9(14-11)13-6-5-7-3-4-8(10)15-7/h3-4H,2,5-6,11H2,1H3,(H2,12,13,14). The summed E-state index contributed by atoms with van der Waals surface area (Å²) in [5.74, 6) is 5.91. The Labute approximate surface area is 98.5 Å². The Kier molecular flexibility index (Phi) is 5.45. The van der Waals surface area contributed by atoms with Gasteiger partial charge in [0.05, 0.1) is 4.34 Å². The monoisotopic (exact) mass is 246 g/mol. The fourth-order valence-corrected chi connectivity index (χ4v) is 2.16. The van der Waals surface area contributed by atoms with Crippen molar-refractivity contribution < 1.29 is 0 Å². The predicted molar refractivity (Wildman–Crippen MR) is 66.3 cm³/mol. The van der Waals surface area contributed by atoms with E-state index in [4.69, 9.17) is 17.4 Å². The minimum absolute atomic E-state index is 0.625. The molecule has 1 heterocycles. The average Bonchev–Trinajstić information content (AvgIpc) is 2.63. The molecule has 0 unspecified atom stereocenters. The summed E-state index contributed by atoms with van der Waals surface area (Å²) in [4.78, 5) is 5.50. The summed E-state index contributed by atoms with van der Waals surface area (Å²) in [6.07, 6.45) is 0.883. The Morgan fingerprint density at radius 3 is 2.93 bits per heavy atom. The number of nitrogens with one attached hydrogen (secondary N) is 2. The molecule has 4 N–H and O–H groups in total. The molecule has 0 aliphatic carbocycles. The molecule has 1 aromatic rings. The van der Waals surface area contributed by atoms with Crippen LogP contribution in [0.3, 0.4) is 0 Å². The molecule has 1 rings (SSSR count). The van der Waals surface area contributed by atoms with Crippen LogP contribution in [0, 0.1) is 0 Å². The molecule has 0 radical (unpaired) electrons. The van der Waals surface area contributed by atoms with Crippen LogP contribution in [-0.2, 0) is 6.42 Å². The van der Waals surface area contributed by atoms with Crippen LogP contribution >= 0.6 is 22.9 Å². The van der Waals surface area contributed by atoms with Gasteiger partial charge in [-0.25, -0.2) is 5.84 Å². The molecule has 84 valence electrons. The molecule has 0 saturated heterocycles. The van der Waals surface area contributed by atoms with Crippen LogP contribution in [0.5, 0.6) is 0 Å². The Morgan fingerprint density at radius 2 is 2.40 bits per heavy atom. The summed E-state index contributed by atoms with van der Waals surface area (Å²) in [6.45, 7) is 3.49. The van der Waals surface area contributed by atoms with Crippen molar-refractivity contribution in [3.8, 4) is 0 Å². The van der Waals surface area contributed by atoms with Crippen molar-refractivity contribution in [3.63, 3.8) is 0 Å². The zero-order valence-electron chi connectivity index (χ0n) is 8.59. The van der Waals surface area contributed by atoms with Gasteiger partial charge < -0.3 is 5.32 Å². The number of rotatable bonds is 4. The highest BCUT2D eigenvalue weighted by atomic mass is 35.5. The SMILES string of the molecule is CCNC(=NCCc1ccc(Cl)s1)NN. The Hall–Kier alpha value is -0.780. The van der Waals surface area contributed by atoms with Crippen molar-refractivity contribution in [1.29, 1.82) is 0 Å². The Bertz CT molecular complexity index is 324. The quantitative estimate of drug-likeness (QED) is 0.326. The highest BCUT2D eigenvalue weighted by molar-refractivity contribution is 7.16. The first-order valence-electron chi connectivity index (χ1n) is 4.75. The number of hydrogen-bond acceptors (Lipinski definition) is 3. The second-order valence-corrected chi connectivity index (χ2v) is 4.66. The second-order valence-electron chi connectivity index (χ2n) is 2.86. The third kappa shape index (κ3) is 4.51. The van der Waals surface area contributed by atoms with E-state index >= 15 is 0 Å². The number of nitrogens with zero attached hydrogens (tertiary/aromatic N) is 1. The summed E-state index contributed by atoms with van der Waals surface area (Å²) in [5.41, 5.74) is 2.51. The van der Waals surface area contributed by atoms with E-state index in [0.29, 0.717) is 12.5 Å². The van der Waals surface area contributed by atoms with Gasteiger partial charge in [-0.1, -0.05) is 11.6 Å². The van der Waals surface area contributed by atoms with Gasteiger partial charge in [-0.15, -0.1) is 11.3 Å². The molecular formula is C9H15ClN4S. The number of hydrogen-bond donors (Lipinski definition) is 3. The van der Waals surface area contributed by atoms with Crippen LogP contribution in [0.1, 0.15) is 11.8 Å². The van der Waals surface area contributed by atoms with E-state index in [9.17, 15) is 0 Å². The van der Waals surface area contributed by atoms with Crippen molar-refractivity contribution in [3.05, 3.63) is 21.3 Å². The van der Waals surface area contributed by atoms with E-state index in [1.165, 1.54) is 4.88 Å². The van der Waals surface area contributed by atoms with Crippen molar-refractivity contribution >= 4 is 28.9 Å². The van der Waals surface area contributed by atoms with Crippen molar-refractivity contribution in [1.82, 2.24) is 10.7 Å². The molecule has 0 amide bonds. The van der Waals surface area contributed by atoms with Crippen LogP contribution in [0.15, 0.2) is 17.1 Å². The lowest BCUT2D eigenvalue weighted by molar-refractivity contribution is 0.846. The van der Waals surface area contributed by atoms with Gasteiger partial charge in [0.2, 0.25) is 5.96 Å². The maximum Gasteiger partial charge on any atom is 0.205 e. The van der Waals surface area contributed by atoms with Crippen LogP contribution < -0.4 is 16.6 Å². The lowest BCUT2D eigenvalue weighted by Gasteiger charge is -2.05. The number of aliphatic imine (C=N–C) groups is 1. The van der Waals surface area contributed by atoms with Gasteiger partial charge in [-0.2, -0.15) is 0 Å². The molecule has 6 heteroatoms. The van der Waals surface area contributed by atoms with Gasteiger partial charge in [0, 0.05) is 24.4 Å². The summed E-state index contributed by atoms with van der Waals surface area (Å²) in [7, 11) is 0. The third-order valence-corrected chi connectivity index (χ3v) is 3.03. The van der Waals surface area contributed by atoms with E-state index in [-0.39, 0.29) is 0 Å². The van der Waals surface area contributed by atoms with Gasteiger partial charge in [-0.05, 0) is 19.1 Å². The molecule has 0 aliphatic rings. The first-order valence-corrected chi connectivity index (χ1v) is 5.95. The number of halogens is 1. The maximum absolute atomic E-state index is 5.82. The molecule has 0 fully saturated rings. The normalized spacial score (nSPS) is 11.5. The molecule has 1 aromatic heterocycles. The highest BCUT2D eigenvalue weighted by Crippen LogP contribution is 2.21. The molecule has 4 nitrogen and oxygen atoms in total. The Morgan fingerprint density at radius 1 is 1.60 bits per heavy atom. The van der Waals surface area contributed by atoms with Gasteiger partial charge in [0.15, 0.2) is 0 Å². The second kappa shape index (κ2) is 6.66. The van der Waals surface area contributed by atoms with E-state index in [1.54, 1.807) is 11.3 Å². The van der Waals surface area contributed by atoms with Gasteiger partial charge in [0.1, 0.15) is 0 Å². The lowest BCUT2D eigenvalue weighted by Crippen LogP contribution is -2.41. The molecule has 0 spiro atoms. The van der Waals surface area contributed by atoms with E-state index in [2.05, 4.69) is 15.7 Å². The molecule has 15 heavy (non-hydrogen) atoms. The van der Waals surface area contributed by atoms with Crippen molar-refractivity contribution in [2.45, 2.75) is 13.3 Å². The van der Waals surface area contributed by atoms with Crippen molar-refractivity contribution in [2.75, 3.05) is 13.1 Å². The molecule has 0 saturated carbocycles. The topological polar surface area (TPSA) is 62.4 Å². The third-order valence-electron chi connectivity index (χ3n) is 1.74. The summed E-state index contributed by atoms with van der Waals surface area (Å²) >= 11 is 7.40. The zero-order valence-corrected chi connectivity index (χ0v) is 10.2. The van der Waals surface area contributed by atoms with Gasteiger partial charge in [-0.3, -0.25) is 10.4 Å². The molecule has 0 aliphatic heterocycles. The fourth-order valence-electron chi connectivity index (χ4n) is 1.08. The summed E-state index contributed by atoms with van der Waals surface area (Å²) in [6, 6.07) is 3.92. The molecule has 0 atom stereocenters. The van der Waals surface area contributed by atoms with E-state index < -0.39 is 0 Å². The molecule has 0 aromatic carbocycles. The highest BCUT2D eigenvalue weighted by Gasteiger charge is 1.97. The predicted octanol–water partition coefficient (Wildman–Crippen LogP) is 1.37. The summed E-state index contributed by atoms with van der Waals surface area (Å²) < 4.78 is 0.817. The van der Waals surface area contributed by atoms with Crippen LogP contribution in [0.2, 0.25) is 4.34 Å². The van der Waals surface area contributed by atoms with Crippen LogP contribution in [0.25, 0.3) is 0 Å². The van der Waals surface area contributed by atoms with E-state index in [0.717, 1.165) is 17.3 Å².